The molecule has 1 aliphatic carbocycles. The molecule has 1 saturated carbocycles. The Hall–Kier alpha value is -0.570. The van der Waals surface area contributed by atoms with Crippen LogP contribution in [0, 0.1) is 5.92 Å². The van der Waals surface area contributed by atoms with Gasteiger partial charge in [0.1, 0.15) is 5.54 Å². The van der Waals surface area contributed by atoms with E-state index in [-0.39, 0.29) is 5.92 Å². The first kappa shape index (κ1) is 6.55. The van der Waals surface area contributed by atoms with Crippen LogP contribution in [0.3, 0.4) is 0 Å². The summed E-state index contributed by atoms with van der Waals surface area (Å²) in [7, 11) is 0. The second kappa shape index (κ2) is 1.70. The molecule has 1 fully saturated rings. The van der Waals surface area contributed by atoms with Crippen LogP contribution in [0.4, 0.5) is 0 Å². The largest absolute Gasteiger partial charge is 0.480 e. The number of carbonyl (C=O) groups is 1. The highest BCUT2D eigenvalue weighted by Crippen LogP contribution is 2.43. The first-order chi connectivity index (χ1) is 4.11. The monoisotopic (exact) mass is 129 g/mol. The number of hydrogen-bond donors (Lipinski definition) is 2. The van der Waals surface area contributed by atoms with Gasteiger partial charge in [-0.2, -0.15) is 0 Å². The van der Waals surface area contributed by atoms with Crippen LogP contribution in [0.2, 0.25) is 0 Å². The number of aliphatic carboxylic acids is 1. The SMILES string of the molecule is CC[C@@H]1CC1(N)C(=O)O. The Morgan fingerprint density at radius 3 is 2.67 bits per heavy atom. The van der Waals surface area contributed by atoms with Crippen molar-refractivity contribution < 1.29 is 9.90 Å². The van der Waals surface area contributed by atoms with E-state index in [1.807, 2.05) is 6.92 Å². The van der Waals surface area contributed by atoms with Crippen molar-refractivity contribution in [1.82, 2.24) is 0 Å². The molecule has 9 heavy (non-hydrogen) atoms. The minimum atomic E-state index is -0.866. The Bertz CT molecular complexity index is 146. The van der Waals surface area contributed by atoms with Crippen molar-refractivity contribution in [2.75, 3.05) is 0 Å². The van der Waals surface area contributed by atoms with E-state index in [0.29, 0.717) is 6.42 Å². The molecule has 0 radical (unpaired) electrons. The summed E-state index contributed by atoms with van der Waals surface area (Å²) in [6.07, 6.45) is 1.53. The fourth-order valence-electron chi connectivity index (χ4n) is 1.12. The summed E-state index contributed by atoms with van der Waals surface area (Å²) >= 11 is 0. The third-order valence-corrected chi connectivity index (χ3v) is 2.04. The maximum absolute atomic E-state index is 10.3. The van der Waals surface area contributed by atoms with Gasteiger partial charge in [0, 0.05) is 0 Å². The first-order valence-electron chi connectivity index (χ1n) is 3.13. The van der Waals surface area contributed by atoms with E-state index in [0.717, 1.165) is 6.42 Å². The normalized spacial score (nSPS) is 40.4. The number of rotatable bonds is 2. The molecule has 0 spiro atoms. The van der Waals surface area contributed by atoms with Gasteiger partial charge in [-0.25, -0.2) is 0 Å². The lowest BCUT2D eigenvalue weighted by atomic mass is 10.2. The van der Waals surface area contributed by atoms with Crippen molar-refractivity contribution in [3.8, 4) is 0 Å². The van der Waals surface area contributed by atoms with Gasteiger partial charge in [-0.05, 0) is 12.3 Å². The van der Waals surface area contributed by atoms with Crippen LogP contribution >= 0.6 is 0 Å². The van der Waals surface area contributed by atoms with Gasteiger partial charge < -0.3 is 10.8 Å². The first-order valence-corrected chi connectivity index (χ1v) is 3.13. The van der Waals surface area contributed by atoms with E-state index >= 15 is 0 Å². The summed E-state index contributed by atoms with van der Waals surface area (Å²) in [6, 6.07) is 0. The minimum Gasteiger partial charge on any atom is -0.480 e. The lowest BCUT2D eigenvalue weighted by Crippen LogP contribution is -2.34. The molecule has 1 unspecified atom stereocenters. The van der Waals surface area contributed by atoms with Gasteiger partial charge in [0.25, 0.3) is 0 Å². The second-order valence-corrected chi connectivity index (χ2v) is 2.65. The molecule has 0 saturated heterocycles. The van der Waals surface area contributed by atoms with Gasteiger partial charge in [-0.3, -0.25) is 4.79 Å². The van der Waals surface area contributed by atoms with Crippen molar-refractivity contribution in [1.29, 1.82) is 0 Å². The van der Waals surface area contributed by atoms with Crippen molar-refractivity contribution in [2.24, 2.45) is 11.7 Å². The average Bonchev–Trinajstić information content (AvgIpc) is 2.44. The lowest BCUT2D eigenvalue weighted by molar-refractivity contribution is -0.140. The zero-order chi connectivity index (χ0) is 7.07. The van der Waals surface area contributed by atoms with E-state index in [2.05, 4.69) is 0 Å². The molecular formula is C6H11NO2. The van der Waals surface area contributed by atoms with E-state index < -0.39 is 11.5 Å². The molecule has 0 bridgehead atoms. The van der Waals surface area contributed by atoms with E-state index in [1.54, 1.807) is 0 Å². The number of carboxylic acids is 1. The molecule has 52 valence electrons. The summed E-state index contributed by atoms with van der Waals surface area (Å²) in [5.41, 5.74) is 4.58. The molecule has 1 rings (SSSR count). The van der Waals surface area contributed by atoms with Crippen LogP contribution in [0.5, 0.6) is 0 Å². The maximum Gasteiger partial charge on any atom is 0.323 e. The quantitative estimate of drug-likeness (QED) is 0.559. The summed E-state index contributed by atoms with van der Waals surface area (Å²) in [5, 5.41) is 8.49. The number of nitrogens with two attached hydrogens (primary N) is 1. The summed E-state index contributed by atoms with van der Waals surface area (Å²) in [5.74, 6) is -0.635. The van der Waals surface area contributed by atoms with Gasteiger partial charge >= 0.3 is 5.97 Å². The van der Waals surface area contributed by atoms with Crippen molar-refractivity contribution in [3.05, 3.63) is 0 Å². The molecule has 0 aromatic heterocycles. The Balaban J connectivity index is 2.52. The Labute approximate surface area is 53.9 Å². The van der Waals surface area contributed by atoms with Crippen LogP contribution < -0.4 is 5.73 Å². The predicted molar refractivity (Wildman–Crippen MR) is 33.0 cm³/mol. The standard InChI is InChI=1S/C6H11NO2/c1-2-4-3-6(4,7)5(8)9/h4H,2-3,7H2,1H3,(H,8,9)/t4-,6?/m1/s1. The van der Waals surface area contributed by atoms with Gasteiger partial charge in [0.15, 0.2) is 0 Å². The highest BCUT2D eigenvalue weighted by Gasteiger charge is 2.56. The summed E-state index contributed by atoms with van der Waals surface area (Å²) < 4.78 is 0. The third-order valence-electron chi connectivity index (χ3n) is 2.04. The predicted octanol–water partition coefficient (Wildman–Crippen LogP) is 0.198. The fraction of sp³-hybridized carbons (Fsp3) is 0.833. The van der Waals surface area contributed by atoms with Crippen LogP contribution in [0.15, 0.2) is 0 Å². The zero-order valence-corrected chi connectivity index (χ0v) is 5.42. The summed E-state index contributed by atoms with van der Waals surface area (Å²) in [6.45, 7) is 1.96. The summed E-state index contributed by atoms with van der Waals surface area (Å²) in [4.78, 5) is 10.3. The average molecular weight is 129 g/mol. The molecule has 0 amide bonds. The molecule has 3 nitrogen and oxygen atoms in total. The van der Waals surface area contributed by atoms with E-state index in [4.69, 9.17) is 10.8 Å². The van der Waals surface area contributed by atoms with Crippen LogP contribution in [-0.4, -0.2) is 16.6 Å². The molecule has 2 atom stereocenters. The Morgan fingerprint density at radius 1 is 2.00 bits per heavy atom. The van der Waals surface area contributed by atoms with Crippen LogP contribution in [0.25, 0.3) is 0 Å². The number of hydrogen-bond acceptors (Lipinski definition) is 2. The van der Waals surface area contributed by atoms with E-state index in [9.17, 15) is 4.79 Å². The van der Waals surface area contributed by atoms with Gasteiger partial charge in [0.05, 0.1) is 0 Å². The molecular weight excluding hydrogens is 118 g/mol. The minimum absolute atomic E-state index is 0.218. The van der Waals surface area contributed by atoms with Gasteiger partial charge in [-0.15, -0.1) is 0 Å². The van der Waals surface area contributed by atoms with Crippen molar-refractivity contribution >= 4 is 5.97 Å². The van der Waals surface area contributed by atoms with Crippen LogP contribution in [0.1, 0.15) is 19.8 Å². The molecule has 0 aromatic carbocycles. The topological polar surface area (TPSA) is 63.3 Å². The molecule has 0 aliphatic heterocycles. The third kappa shape index (κ3) is 0.812. The van der Waals surface area contributed by atoms with Crippen molar-refractivity contribution in [2.45, 2.75) is 25.3 Å². The fourth-order valence-corrected chi connectivity index (χ4v) is 1.12. The number of carboxylic acid groups (broad SMARTS) is 1. The maximum atomic E-state index is 10.3. The second-order valence-electron chi connectivity index (χ2n) is 2.65. The highest BCUT2D eigenvalue weighted by molar-refractivity contribution is 5.82. The van der Waals surface area contributed by atoms with Gasteiger partial charge in [0.2, 0.25) is 0 Å². The molecule has 3 heteroatoms. The van der Waals surface area contributed by atoms with Crippen LogP contribution in [-0.2, 0) is 4.79 Å². The van der Waals surface area contributed by atoms with Crippen molar-refractivity contribution in [3.63, 3.8) is 0 Å². The smallest absolute Gasteiger partial charge is 0.323 e. The lowest BCUT2D eigenvalue weighted by Gasteiger charge is -2.01. The zero-order valence-electron chi connectivity index (χ0n) is 5.42. The molecule has 3 N–H and O–H groups in total. The van der Waals surface area contributed by atoms with Gasteiger partial charge in [-0.1, -0.05) is 13.3 Å². The van der Waals surface area contributed by atoms with E-state index in [1.165, 1.54) is 0 Å². The highest BCUT2D eigenvalue weighted by atomic mass is 16.4. The molecule has 0 heterocycles. The molecule has 1 aliphatic rings. The Kier molecular flexibility index (Phi) is 1.24. The Morgan fingerprint density at radius 2 is 2.56 bits per heavy atom. The molecule has 0 aromatic rings.